The van der Waals surface area contributed by atoms with Crippen molar-refractivity contribution in [3.05, 3.63) is 259 Å². The minimum atomic E-state index is -0.470. The Bertz CT molecular complexity index is 3370. The normalized spacial score (nSPS) is 12.7. The SMILES string of the molecule is c1ccc(-c2ccc(N(c3cccc(-c4cccc(C5(c6ccccc6)c6ccccc6-c6ccccc65)c4)c3)c3ccc4c(c3)oc3cc5ccccc5cc34)cc2)cc1. The molecule has 10 aromatic carbocycles. The summed E-state index contributed by atoms with van der Waals surface area (Å²) >= 11 is 0. The minimum absolute atomic E-state index is 0.470. The van der Waals surface area contributed by atoms with E-state index in [1.807, 2.05) is 0 Å². The standard InChI is InChI=1S/C59H39NO/c1-3-15-40(16-4-1)41-29-31-48(32-30-41)60(50-33-34-53-54-37-44-17-7-8-18-45(44)38-57(54)61-58(53)39-50)49-24-14-20-43(36-49)42-19-13-23-47(35-42)59(46-21-5-2-6-22-46)55-27-11-9-25-51(55)52-26-10-12-28-56(52)59/h1-39H. The molecule has 0 saturated heterocycles. The van der Waals surface area contributed by atoms with Crippen molar-refractivity contribution in [3.8, 4) is 33.4 Å². The average Bonchev–Trinajstić information content (AvgIpc) is 3.84. The van der Waals surface area contributed by atoms with E-state index in [1.165, 1.54) is 55.3 Å². The second-order valence-electron chi connectivity index (χ2n) is 16.1. The number of hydrogen-bond donors (Lipinski definition) is 0. The summed E-state index contributed by atoms with van der Waals surface area (Å²) in [5.74, 6) is 0. The first kappa shape index (κ1) is 35.0. The molecule has 0 radical (unpaired) electrons. The van der Waals surface area contributed by atoms with Crippen molar-refractivity contribution in [2.24, 2.45) is 0 Å². The monoisotopic (exact) mass is 777 g/mol. The van der Waals surface area contributed by atoms with Crippen LogP contribution in [-0.4, -0.2) is 0 Å². The van der Waals surface area contributed by atoms with E-state index in [-0.39, 0.29) is 0 Å². The van der Waals surface area contributed by atoms with E-state index >= 15 is 0 Å². The highest BCUT2D eigenvalue weighted by molar-refractivity contribution is 6.11. The van der Waals surface area contributed by atoms with Gasteiger partial charge in [-0.15, -0.1) is 0 Å². The summed E-state index contributed by atoms with van der Waals surface area (Å²) in [6.45, 7) is 0. The summed E-state index contributed by atoms with van der Waals surface area (Å²) in [6.07, 6.45) is 0. The molecule has 0 fully saturated rings. The fourth-order valence-electron chi connectivity index (χ4n) is 9.94. The minimum Gasteiger partial charge on any atom is -0.456 e. The number of benzene rings is 10. The zero-order chi connectivity index (χ0) is 40.3. The summed E-state index contributed by atoms with van der Waals surface area (Å²) in [7, 11) is 0. The van der Waals surface area contributed by atoms with Crippen molar-refractivity contribution in [2.75, 3.05) is 4.90 Å². The highest BCUT2D eigenvalue weighted by Crippen LogP contribution is 2.56. The molecule has 2 nitrogen and oxygen atoms in total. The molecule has 286 valence electrons. The molecular formula is C59H39NO. The van der Waals surface area contributed by atoms with Gasteiger partial charge < -0.3 is 9.32 Å². The van der Waals surface area contributed by atoms with E-state index in [1.54, 1.807) is 0 Å². The van der Waals surface area contributed by atoms with Crippen LogP contribution in [0.3, 0.4) is 0 Å². The second kappa shape index (κ2) is 14.1. The van der Waals surface area contributed by atoms with Gasteiger partial charge in [-0.1, -0.05) is 176 Å². The van der Waals surface area contributed by atoms with Gasteiger partial charge >= 0.3 is 0 Å². The van der Waals surface area contributed by atoms with Gasteiger partial charge in [0.05, 0.1) is 5.41 Å². The van der Waals surface area contributed by atoms with Crippen molar-refractivity contribution >= 4 is 49.8 Å². The molecule has 0 N–H and O–H groups in total. The molecule has 1 aromatic heterocycles. The van der Waals surface area contributed by atoms with Crippen LogP contribution in [0.1, 0.15) is 22.3 Å². The van der Waals surface area contributed by atoms with E-state index in [2.05, 4.69) is 241 Å². The number of hydrogen-bond acceptors (Lipinski definition) is 2. The van der Waals surface area contributed by atoms with Gasteiger partial charge in [0.2, 0.25) is 0 Å². The number of nitrogens with zero attached hydrogens (tertiary/aromatic N) is 1. The largest absolute Gasteiger partial charge is 0.456 e. The zero-order valence-corrected chi connectivity index (χ0v) is 33.4. The van der Waals surface area contributed by atoms with Crippen molar-refractivity contribution in [2.45, 2.75) is 5.41 Å². The molecule has 11 aromatic rings. The van der Waals surface area contributed by atoms with E-state index in [4.69, 9.17) is 4.42 Å². The number of rotatable bonds is 7. The number of fused-ring (bicyclic) bond motifs is 7. The predicted molar refractivity (Wildman–Crippen MR) is 254 cm³/mol. The Labute approximate surface area is 355 Å². The van der Waals surface area contributed by atoms with Crippen LogP contribution in [0.15, 0.2) is 241 Å². The predicted octanol–water partition coefficient (Wildman–Crippen LogP) is 15.9. The van der Waals surface area contributed by atoms with Gasteiger partial charge in [-0.25, -0.2) is 0 Å². The van der Waals surface area contributed by atoms with Gasteiger partial charge in [0.15, 0.2) is 0 Å². The highest BCUT2D eigenvalue weighted by Gasteiger charge is 2.45. The zero-order valence-electron chi connectivity index (χ0n) is 33.4. The molecule has 0 spiro atoms. The fourth-order valence-corrected chi connectivity index (χ4v) is 9.94. The average molecular weight is 778 g/mol. The smallest absolute Gasteiger partial charge is 0.137 e. The third-order valence-corrected chi connectivity index (χ3v) is 12.7. The molecule has 0 aliphatic heterocycles. The maximum Gasteiger partial charge on any atom is 0.137 e. The van der Waals surface area contributed by atoms with Gasteiger partial charge in [-0.2, -0.15) is 0 Å². The molecule has 0 bridgehead atoms. The molecule has 2 heteroatoms. The molecule has 1 heterocycles. The summed E-state index contributed by atoms with van der Waals surface area (Å²) < 4.78 is 6.62. The lowest BCUT2D eigenvalue weighted by Gasteiger charge is -2.34. The first-order valence-electron chi connectivity index (χ1n) is 21.0. The van der Waals surface area contributed by atoms with Gasteiger partial charge in [-0.05, 0) is 121 Å². The molecule has 1 aliphatic rings. The van der Waals surface area contributed by atoms with Gasteiger partial charge in [-0.3, -0.25) is 0 Å². The van der Waals surface area contributed by atoms with Crippen LogP contribution < -0.4 is 4.90 Å². The summed E-state index contributed by atoms with van der Waals surface area (Å²) in [5.41, 5.74) is 16.8. The molecule has 0 saturated carbocycles. The Morgan fingerprint density at radius 2 is 0.836 bits per heavy atom. The molecule has 0 atom stereocenters. The maximum atomic E-state index is 6.62. The maximum absolute atomic E-state index is 6.62. The first-order chi connectivity index (χ1) is 30.2. The van der Waals surface area contributed by atoms with Crippen LogP contribution in [0.5, 0.6) is 0 Å². The number of anilines is 3. The summed E-state index contributed by atoms with van der Waals surface area (Å²) in [4.78, 5) is 2.35. The number of furan rings is 1. The van der Waals surface area contributed by atoms with Gasteiger partial charge in [0.1, 0.15) is 11.2 Å². The Hall–Kier alpha value is -7.94. The first-order valence-corrected chi connectivity index (χ1v) is 21.0. The lowest BCUT2D eigenvalue weighted by atomic mass is 9.67. The molecule has 0 unspecified atom stereocenters. The Morgan fingerprint density at radius 1 is 0.311 bits per heavy atom. The molecular weight excluding hydrogens is 739 g/mol. The van der Waals surface area contributed by atoms with Crippen LogP contribution in [0.2, 0.25) is 0 Å². The van der Waals surface area contributed by atoms with E-state index in [0.29, 0.717) is 0 Å². The third kappa shape index (κ3) is 5.64. The quantitative estimate of drug-likeness (QED) is 0.160. The molecule has 61 heavy (non-hydrogen) atoms. The fraction of sp³-hybridized carbons (Fsp3) is 0.0169. The van der Waals surface area contributed by atoms with Crippen LogP contribution in [-0.2, 0) is 5.41 Å². The third-order valence-electron chi connectivity index (χ3n) is 12.7. The lowest BCUT2D eigenvalue weighted by molar-refractivity contribution is 0.669. The van der Waals surface area contributed by atoms with Crippen molar-refractivity contribution < 1.29 is 4.42 Å². The van der Waals surface area contributed by atoms with E-state index in [9.17, 15) is 0 Å². The highest BCUT2D eigenvalue weighted by atomic mass is 16.3. The van der Waals surface area contributed by atoms with Crippen LogP contribution >= 0.6 is 0 Å². The molecule has 1 aliphatic carbocycles. The molecule has 12 rings (SSSR count). The topological polar surface area (TPSA) is 16.4 Å². The van der Waals surface area contributed by atoms with Crippen molar-refractivity contribution in [3.63, 3.8) is 0 Å². The van der Waals surface area contributed by atoms with Crippen molar-refractivity contribution in [1.29, 1.82) is 0 Å². The van der Waals surface area contributed by atoms with E-state index in [0.717, 1.165) is 50.1 Å². The molecule has 0 amide bonds. The van der Waals surface area contributed by atoms with Gasteiger partial charge in [0, 0.05) is 33.9 Å². The van der Waals surface area contributed by atoms with E-state index < -0.39 is 5.41 Å². The summed E-state index contributed by atoms with van der Waals surface area (Å²) in [5, 5.41) is 4.61. The Morgan fingerprint density at radius 3 is 1.57 bits per heavy atom. The van der Waals surface area contributed by atoms with Crippen LogP contribution in [0.25, 0.3) is 66.1 Å². The Kier molecular flexibility index (Phi) is 8.11. The summed E-state index contributed by atoms with van der Waals surface area (Å²) in [6, 6.07) is 86.0. The Balaban J connectivity index is 1.01. The second-order valence-corrected chi connectivity index (χ2v) is 16.1. The van der Waals surface area contributed by atoms with Gasteiger partial charge in [0.25, 0.3) is 0 Å². The van der Waals surface area contributed by atoms with Crippen LogP contribution in [0, 0.1) is 0 Å². The van der Waals surface area contributed by atoms with Crippen molar-refractivity contribution in [1.82, 2.24) is 0 Å². The lowest BCUT2D eigenvalue weighted by Crippen LogP contribution is -2.28. The van der Waals surface area contributed by atoms with Crippen LogP contribution in [0.4, 0.5) is 17.1 Å².